The van der Waals surface area contributed by atoms with Crippen molar-refractivity contribution in [2.24, 2.45) is 0 Å². The van der Waals surface area contributed by atoms with Crippen LogP contribution in [0, 0.1) is 0 Å². The van der Waals surface area contributed by atoms with Gasteiger partial charge in [0.05, 0.1) is 17.9 Å². The average Bonchev–Trinajstić information content (AvgIpc) is 2.62. The highest BCUT2D eigenvalue weighted by molar-refractivity contribution is 5.82. The summed E-state index contributed by atoms with van der Waals surface area (Å²) in [6, 6.07) is 18.8. The van der Waals surface area contributed by atoms with Gasteiger partial charge in [0.15, 0.2) is 0 Å². The third-order valence-corrected chi connectivity index (χ3v) is 4.22. The Hall–Kier alpha value is -2.62. The summed E-state index contributed by atoms with van der Waals surface area (Å²) in [5.74, 6) is -1.01. The number of esters is 1. The fourth-order valence-electron chi connectivity index (χ4n) is 2.21. The predicted molar refractivity (Wildman–Crippen MR) is 98.6 cm³/mol. The van der Waals surface area contributed by atoms with Crippen molar-refractivity contribution < 1.29 is 19.4 Å². The van der Waals surface area contributed by atoms with Crippen molar-refractivity contribution in [1.29, 1.82) is 0 Å². The van der Waals surface area contributed by atoms with E-state index in [0.29, 0.717) is 0 Å². The van der Waals surface area contributed by atoms with E-state index >= 15 is 0 Å². The van der Waals surface area contributed by atoms with Gasteiger partial charge in [-0.15, -0.1) is 0 Å². The molecule has 0 aliphatic heterocycles. The molecule has 0 fully saturated rings. The van der Waals surface area contributed by atoms with Crippen LogP contribution < -0.4 is 0 Å². The van der Waals surface area contributed by atoms with Gasteiger partial charge in [0, 0.05) is 0 Å². The molecule has 0 radical (unpaired) electrons. The van der Waals surface area contributed by atoms with Gasteiger partial charge in [-0.2, -0.15) is 0 Å². The molecule has 0 aliphatic carbocycles. The first-order valence-electron chi connectivity index (χ1n) is 8.07. The molecule has 2 aromatic carbocycles. The van der Waals surface area contributed by atoms with E-state index in [-0.39, 0.29) is 5.97 Å². The van der Waals surface area contributed by atoms with E-state index in [4.69, 9.17) is 9.84 Å². The Morgan fingerprint density at radius 2 is 1.12 bits per heavy atom. The van der Waals surface area contributed by atoms with Crippen molar-refractivity contribution in [1.82, 2.24) is 0 Å². The van der Waals surface area contributed by atoms with Crippen LogP contribution in [0.2, 0.25) is 0 Å². The quantitative estimate of drug-likeness (QED) is 0.846. The largest absolute Gasteiger partial charge is 0.481 e. The summed E-state index contributed by atoms with van der Waals surface area (Å²) in [6.07, 6.45) is 0. The number of benzene rings is 2. The van der Waals surface area contributed by atoms with E-state index < -0.39 is 16.8 Å². The Morgan fingerprint density at radius 3 is 1.44 bits per heavy atom. The van der Waals surface area contributed by atoms with Crippen LogP contribution in [0.4, 0.5) is 0 Å². The fourth-order valence-corrected chi connectivity index (χ4v) is 2.21. The summed E-state index contributed by atoms with van der Waals surface area (Å²) in [5.41, 5.74) is 0.455. The van der Waals surface area contributed by atoms with Crippen molar-refractivity contribution in [3.63, 3.8) is 0 Å². The third kappa shape index (κ3) is 5.18. The number of methoxy groups -OCH3 is 1. The molecular formula is C21H26O4. The molecule has 2 aromatic rings. The highest BCUT2D eigenvalue weighted by Gasteiger charge is 2.30. The second kappa shape index (κ2) is 8.47. The number of aliphatic carboxylic acids is 1. The van der Waals surface area contributed by atoms with Crippen LogP contribution in [0.25, 0.3) is 0 Å². The summed E-state index contributed by atoms with van der Waals surface area (Å²) in [7, 11) is 1.41. The van der Waals surface area contributed by atoms with Gasteiger partial charge in [0.2, 0.25) is 0 Å². The molecule has 0 atom stereocenters. The topological polar surface area (TPSA) is 63.6 Å². The minimum absolute atomic E-state index is 0.210. The van der Waals surface area contributed by atoms with Crippen molar-refractivity contribution in [3.05, 3.63) is 71.8 Å². The van der Waals surface area contributed by atoms with Crippen LogP contribution in [0.1, 0.15) is 38.8 Å². The van der Waals surface area contributed by atoms with Crippen LogP contribution in [-0.4, -0.2) is 24.2 Å². The van der Waals surface area contributed by atoms with Gasteiger partial charge in [-0.1, -0.05) is 60.7 Å². The summed E-state index contributed by atoms with van der Waals surface area (Å²) in [5, 5.41) is 8.89. The summed E-state index contributed by atoms with van der Waals surface area (Å²) in [6.45, 7) is 7.11. The summed E-state index contributed by atoms with van der Waals surface area (Å²) in [4.78, 5) is 22.2. The minimum Gasteiger partial charge on any atom is -0.481 e. The van der Waals surface area contributed by atoms with Gasteiger partial charge in [-0.3, -0.25) is 9.59 Å². The molecular weight excluding hydrogens is 316 g/mol. The van der Waals surface area contributed by atoms with E-state index in [1.165, 1.54) is 7.11 Å². The first-order valence-corrected chi connectivity index (χ1v) is 8.07. The Bertz CT molecular complexity index is 688. The molecule has 0 spiro atoms. The molecule has 0 amide bonds. The van der Waals surface area contributed by atoms with Gasteiger partial charge in [0.1, 0.15) is 0 Å². The highest BCUT2D eigenvalue weighted by Crippen LogP contribution is 2.24. The number of carbonyl (C=O) groups is 2. The molecule has 1 N–H and O–H groups in total. The number of ether oxygens (including phenoxy) is 1. The highest BCUT2D eigenvalue weighted by atomic mass is 16.5. The normalized spacial score (nSPS) is 11.1. The van der Waals surface area contributed by atoms with Crippen molar-refractivity contribution in [2.45, 2.75) is 38.5 Å². The second-order valence-corrected chi connectivity index (χ2v) is 6.78. The van der Waals surface area contributed by atoms with Crippen molar-refractivity contribution >= 4 is 11.9 Å². The van der Waals surface area contributed by atoms with E-state index in [0.717, 1.165) is 11.1 Å². The second-order valence-electron chi connectivity index (χ2n) is 6.78. The standard InChI is InChI=1S/C11H14O2.C10H12O2/c1-11(2,10(12)13-3)9-7-5-4-6-8-9;1-10(2,9(11)12)8-6-4-3-5-7-8/h4-8H,1-3H3;3-7H,1-2H3,(H,11,12). The maximum absolute atomic E-state index is 11.4. The number of rotatable bonds is 4. The lowest BCUT2D eigenvalue weighted by Crippen LogP contribution is -2.29. The Balaban J connectivity index is 0.000000251. The lowest BCUT2D eigenvalue weighted by atomic mass is 9.85. The van der Waals surface area contributed by atoms with Crippen LogP contribution in [0.5, 0.6) is 0 Å². The first kappa shape index (κ1) is 20.4. The fraction of sp³-hybridized carbons (Fsp3) is 0.333. The number of carboxylic acid groups (broad SMARTS) is 1. The Kier molecular flexibility index (Phi) is 6.92. The van der Waals surface area contributed by atoms with E-state index in [9.17, 15) is 9.59 Å². The molecule has 0 bridgehead atoms. The molecule has 0 aromatic heterocycles. The van der Waals surface area contributed by atoms with Gasteiger partial charge in [0.25, 0.3) is 0 Å². The average molecular weight is 342 g/mol. The zero-order chi connectivity index (χ0) is 19.1. The van der Waals surface area contributed by atoms with Gasteiger partial charge < -0.3 is 9.84 Å². The predicted octanol–water partition coefficient (Wildman–Crippen LogP) is 4.19. The van der Waals surface area contributed by atoms with Gasteiger partial charge in [-0.05, 0) is 38.8 Å². The summed E-state index contributed by atoms with van der Waals surface area (Å²) >= 11 is 0. The van der Waals surface area contributed by atoms with Crippen LogP contribution >= 0.6 is 0 Å². The monoisotopic (exact) mass is 342 g/mol. The lowest BCUT2D eigenvalue weighted by Gasteiger charge is -2.21. The number of carboxylic acids is 1. The summed E-state index contributed by atoms with van der Waals surface area (Å²) < 4.78 is 4.73. The molecule has 134 valence electrons. The van der Waals surface area contributed by atoms with Crippen LogP contribution in [0.15, 0.2) is 60.7 Å². The smallest absolute Gasteiger partial charge is 0.315 e. The van der Waals surface area contributed by atoms with Crippen molar-refractivity contribution in [3.8, 4) is 0 Å². The van der Waals surface area contributed by atoms with Gasteiger partial charge in [-0.25, -0.2) is 0 Å². The first-order chi connectivity index (χ1) is 11.6. The van der Waals surface area contributed by atoms with E-state index in [1.807, 2.05) is 74.5 Å². The molecule has 2 rings (SSSR count). The van der Waals surface area contributed by atoms with Crippen LogP contribution in [0.3, 0.4) is 0 Å². The van der Waals surface area contributed by atoms with Gasteiger partial charge >= 0.3 is 11.9 Å². The van der Waals surface area contributed by atoms with E-state index in [2.05, 4.69) is 0 Å². The molecule has 4 heteroatoms. The molecule has 4 nitrogen and oxygen atoms in total. The molecule has 25 heavy (non-hydrogen) atoms. The Labute approximate surface area is 149 Å². The number of hydrogen-bond acceptors (Lipinski definition) is 3. The molecule has 0 heterocycles. The zero-order valence-electron chi connectivity index (χ0n) is 15.4. The number of carbonyl (C=O) groups excluding carboxylic acids is 1. The molecule has 0 aliphatic rings. The van der Waals surface area contributed by atoms with E-state index in [1.54, 1.807) is 13.8 Å². The minimum atomic E-state index is -0.797. The lowest BCUT2D eigenvalue weighted by molar-refractivity contribution is -0.146. The third-order valence-electron chi connectivity index (χ3n) is 4.22. The Morgan fingerprint density at radius 1 is 0.760 bits per heavy atom. The number of hydrogen-bond donors (Lipinski definition) is 1. The molecule has 0 saturated heterocycles. The van der Waals surface area contributed by atoms with Crippen molar-refractivity contribution in [2.75, 3.05) is 7.11 Å². The maximum atomic E-state index is 11.4. The maximum Gasteiger partial charge on any atom is 0.315 e. The molecule has 0 unspecified atom stereocenters. The van der Waals surface area contributed by atoms with Crippen LogP contribution in [-0.2, 0) is 25.2 Å². The zero-order valence-corrected chi connectivity index (χ0v) is 15.4. The SMILES string of the molecule is CC(C)(C(=O)O)c1ccccc1.COC(=O)C(C)(C)c1ccccc1. The molecule has 0 saturated carbocycles.